The number of fused-ring (bicyclic) bond motifs is 2. The van der Waals surface area contributed by atoms with Crippen LogP contribution in [-0.4, -0.2) is 26.3 Å². The molecule has 2 unspecified atom stereocenters. The van der Waals surface area contributed by atoms with Crippen LogP contribution in [0.1, 0.15) is 47.0 Å². The maximum absolute atomic E-state index is 5.22. The van der Waals surface area contributed by atoms with E-state index in [1.165, 1.54) is 19.3 Å². The summed E-state index contributed by atoms with van der Waals surface area (Å²) in [4.78, 5) is 0. The van der Waals surface area contributed by atoms with Crippen LogP contribution in [0.2, 0.25) is 0 Å². The number of ether oxygens (including phenoxy) is 1. The van der Waals surface area contributed by atoms with E-state index in [0.29, 0.717) is 22.8 Å². The summed E-state index contributed by atoms with van der Waals surface area (Å²) in [7, 11) is 1.79. The van der Waals surface area contributed by atoms with Gasteiger partial charge >= 0.3 is 0 Å². The number of hydrogen-bond donors (Lipinski definition) is 1. The maximum atomic E-state index is 5.22. The molecular weight excluding hydrogens is 210 g/mol. The molecule has 2 heteroatoms. The number of methoxy groups -OCH3 is 1. The maximum Gasteiger partial charge on any atom is 0.0499 e. The second kappa shape index (κ2) is 4.55. The van der Waals surface area contributed by atoms with Crippen LogP contribution in [0.4, 0.5) is 0 Å². The van der Waals surface area contributed by atoms with E-state index in [1.807, 2.05) is 0 Å². The molecule has 0 radical (unpaired) electrons. The van der Waals surface area contributed by atoms with Crippen LogP contribution >= 0.6 is 0 Å². The molecule has 100 valence electrons. The molecule has 0 heterocycles. The number of nitrogens with one attached hydrogen (secondary N) is 1. The van der Waals surface area contributed by atoms with Gasteiger partial charge in [0, 0.05) is 26.3 Å². The fraction of sp³-hybridized carbons (Fsp3) is 1.00. The molecule has 2 aliphatic rings. The minimum Gasteiger partial charge on any atom is -0.384 e. The normalized spacial score (nSPS) is 40.8. The van der Waals surface area contributed by atoms with Crippen molar-refractivity contribution in [2.24, 2.45) is 22.7 Å². The first-order valence-electron chi connectivity index (χ1n) is 7.12. The number of rotatable bonds is 5. The van der Waals surface area contributed by atoms with Crippen molar-refractivity contribution in [2.75, 3.05) is 20.3 Å². The van der Waals surface area contributed by atoms with Gasteiger partial charge in [-0.15, -0.1) is 0 Å². The van der Waals surface area contributed by atoms with E-state index in [4.69, 9.17) is 4.74 Å². The van der Waals surface area contributed by atoms with Crippen LogP contribution in [0.3, 0.4) is 0 Å². The zero-order chi connectivity index (χ0) is 12.7. The molecule has 2 fully saturated rings. The first kappa shape index (κ1) is 13.4. The lowest BCUT2D eigenvalue weighted by Gasteiger charge is -2.43. The Kier molecular flexibility index (Phi) is 3.57. The predicted octanol–water partition coefficient (Wildman–Crippen LogP) is 3.07. The third-order valence-electron chi connectivity index (χ3n) is 5.39. The number of hydrogen-bond acceptors (Lipinski definition) is 2. The Morgan fingerprint density at radius 2 is 2.06 bits per heavy atom. The van der Waals surface area contributed by atoms with Gasteiger partial charge in [-0.05, 0) is 41.9 Å². The van der Waals surface area contributed by atoms with E-state index in [2.05, 4.69) is 33.0 Å². The first-order valence-corrected chi connectivity index (χ1v) is 7.12. The van der Waals surface area contributed by atoms with Gasteiger partial charge in [-0.2, -0.15) is 0 Å². The van der Waals surface area contributed by atoms with Crippen molar-refractivity contribution in [3.63, 3.8) is 0 Å². The molecule has 17 heavy (non-hydrogen) atoms. The lowest BCUT2D eigenvalue weighted by molar-refractivity contribution is 0.0960. The monoisotopic (exact) mass is 239 g/mol. The van der Waals surface area contributed by atoms with Crippen molar-refractivity contribution in [1.82, 2.24) is 5.32 Å². The molecule has 0 saturated heterocycles. The van der Waals surface area contributed by atoms with E-state index >= 15 is 0 Å². The van der Waals surface area contributed by atoms with Crippen molar-refractivity contribution in [3.05, 3.63) is 0 Å². The molecule has 2 nitrogen and oxygen atoms in total. The second-order valence-electron chi connectivity index (χ2n) is 7.32. The van der Waals surface area contributed by atoms with Crippen LogP contribution in [0.25, 0.3) is 0 Å². The highest BCUT2D eigenvalue weighted by atomic mass is 16.5. The van der Waals surface area contributed by atoms with Gasteiger partial charge in [0.05, 0.1) is 0 Å². The van der Waals surface area contributed by atoms with Crippen molar-refractivity contribution in [1.29, 1.82) is 0 Å². The van der Waals surface area contributed by atoms with Crippen LogP contribution in [0, 0.1) is 22.7 Å². The topological polar surface area (TPSA) is 21.3 Å². The highest BCUT2D eigenvalue weighted by Crippen LogP contribution is 2.62. The molecule has 2 aliphatic carbocycles. The summed E-state index contributed by atoms with van der Waals surface area (Å²) < 4.78 is 5.22. The molecule has 0 aromatic carbocycles. The summed E-state index contributed by atoms with van der Waals surface area (Å²) in [5.74, 6) is 1.54. The molecule has 1 N–H and O–H groups in total. The standard InChI is InChI=1S/C15H29NO/c1-11(10-17-5)9-16-13-14(2,3)12-6-7-15(13,4)8-12/h11-13,16H,6-10H2,1-5H3/t11?,12-,13?,15+/m0/s1. The van der Waals surface area contributed by atoms with Gasteiger partial charge in [0.2, 0.25) is 0 Å². The Bertz CT molecular complexity index is 271. The lowest BCUT2D eigenvalue weighted by Crippen LogP contribution is -2.51. The second-order valence-corrected chi connectivity index (χ2v) is 7.32. The van der Waals surface area contributed by atoms with Gasteiger partial charge in [0.1, 0.15) is 0 Å². The average Bonchev–Trinajstić information content (AvgIpc) is 2.69. The summed E-state index contributed by atoms with van der Waals surface area (Å²) in [6.07, 6.45) is 4.28. The molecule has 0 aromatic rings. The quantitative estimate of drug-likeness (QED) is 0.796. The van der Waals surface area contributed by atoms with Crippen molar-refractivity contribution in [3.8, 4) is 0 Å². The predicted molar refractivity (Wildman–Crippen MR) is 72.1 cm³/mol. The first-order chi connectivity index (χ1) is 7.90. The highest BCUT2D eigenvalue weighted by Gasteiger charge is 2.58. The van der Waals surface area contributed by atoms with E-state index in [0.717, 1.165) is 19.1 Å². The van der Waals surface area contributed by atoms with Crippen molar-refractivity contribution >= 4 is 0 Å². The molecule has 2 bridgehead atoms. The minimum atomic E-state index is 0.472. The third-order valence-corrected chi connectivity index (χ3v) is 5.39. The SMILES string of the molecule is COCC(C)CNC1C(C)(C)[C@H]2CC[C@]1(C)C2. The van der Waals surface area contributed by atoms with Gasteiger partial charge in [-0.25, -0.2) is 0 Å². The fourth-order valence-corrected chi connectivity index (χ4v) is 4.47. The van der Waals surface area contributed by atoms with Crippen LogP contribution in [0.5, 0.6) is 0 Å². The summed E-state index contributed by atoms with van der Waals surface area (Å²) in [5.41, 5.74) is 1.01. The Labute approximate surface area is 107 Å². The third kappa shape index (κ3) is 2.26. The summed E-state index contributed by atoms with van der Waals surface area (Å²) in [6.45, 7) is 11.6. The zero-order valence-electron chi connectivity index (χ0n) is 12.2. The Morgan fingerprint density at radius 3 is 2.59 bits per heavy atom. The van der Waals surface area contributed by atoms with Crippen LogP contribution in [0.15, 0.2) is 0 Å². The summed E-state index contributed by atoms with van der Waals surface area (Å²) >= 11 is 0. The van der Waals surface area contributed by atoms with Crippen molar-refractivity contribution in [2.45, 2.75) is 53.0 Å². The van der Waals surface area contributed by atoms with E-state index in [9.17, 15) is 0 Å². The highest BCUT2D eigenvalue weighted by molar-refractivity contribution is 5.11. The van der Waals surface area contributed by atoms with E-state index in [1.54, 1.807) is 7.11 Å². The van der Waals surface area contributed by atoms with Crippen LogP contribution < -0.4 is 5.32 Å². The largest absolute Gasteiger partial charge is 0.384 e. The smallest absolute Gasteiger partial charge is 0.0499 e. The van der Waals surface area contributed by atoms with E-state index in [-0.39, 0.29) is 0 Å². The summed E-state index contributed by atoms with van der Waals surface area (Å²) in [5, 5.41) is 3.85. The van der Waals surface area contributed by atoms with Gasteiger partial charge < -0.3 is 10.1 Å². The van der Waals surface area contributed by atoms with Gasteiger partial charge in [0.15, 0.2) is 0 Å². The molecule has 0 amide bonds. The molecule has 0 aliphatic heterocycles. The molecular formula is C15H29NO. The molecule has 4 atom stereocenters. The average molecular weight is 239 g/mol. The molecule has 0 aromatic heterocycles. The fourth-order valence-electron chi connectivity index (χ4n) is 4.47. The Hall–Kier alpha value is -0.0800. The van der Waals surface area contributed by atoms with E-state index < -0.39 is 0 Å². The Balaban J connectivity index is 1.96. The Morgan fingerprint density at radius 1 is 1.35 bits per heavy atom. The molecule has 2 saturated carbocycles. The lowest BCUT2D eigenvalue weighted by atomic mass is 9.68. The minimum absolute atomic E-state index is 0.472. The zero-order valence-corrected chi connectivity index (χ0v) is 12.2. The van der Waals surface area contributed by atoms with Gasteiger partial charge in [0.25, 0.3) is 0 Å². The molecule has 2 rings (SSSR count). The molecule has 0 spiro atoms. The van der Waals surface area contributed by atoms with Gasteiger partial charge in [-0.3, -0.25) is 0 Å². The van der Waals surface area contributed by atoms with Gasteiger partial charge in [-0.1, -0.05) is 27.7 Å². The van der Waals surface area contributed by atoms with Crippen LogP contribution in [-0.2, 0) is 4.74 Å². The van der Waals surface area contributed by atoms with Crippen molar-refractivity contribution < 1.29 is 4.74 Å². The summed E-state index contributed by atoms with van der Waals surface area (Å²) in [6, 6.07) is 0.688.